The first-order valence-corrected chi connectivity index (χ1v) is 5.56. The van der Waals surface area contributed by atoms with Crippen LogP contribution in [0.5, 0.6) is 0 Å². The highest BCUT2D eigenvalue weighted by atomic mass is 16.6. The van der Waals surface area contributed by atoms with Gasteiger partial charge in [-0.25, -0.2) is 0 Å². The van der Waals surface area contributed by atoms with E-state index in [9.17, 15) is 5.11 Å². The van der Waals surface area contributed by atoms with Crippen LogP contribution in [0.4, 0.5) is 0 Å². The van der Waals surface area contributed by atoms with Crippen molar-refractivity contribution >= 4 is 0 Å². The van der Waals surface area contributed by atoms with E-state index in [0.717, 1.165) is 18.4 Å². The Balaban J connectivity index is 3.00. The second kappa shape index (κ2) is 5.29. The Morgan fingerprint density at radius 3 is 2.13 bits per heavy atom. The molecule has 15 heavy (non-hydrogen) atoms. The molecule has 2 nitrogen and oxygen atoms in total. The van der Waals surface area contributed by atoms with Crippen LogP contribution in [0.1, 0.15) is 39.2 Å². The van der Waals surface area contributed by atoms with Crippen molar-refractivity contribution in [3.8, 4) is 0 Å². The van der Waals surface area contributed by atoms with Crippen molar-refractivity contribution in [2.75, 3.05) is 0 Å². The van der Waals surface area contributed by atoms with Gasteiger partial charge in [-0.2, -0.15) is 0 Å². The van der Waals surface area contributed by atoms with Crippen LogP contribution < -0.4 is 0 Å². The zero-order valence-corrected chi connectivity index (χ0v) is 9.73. The van der Waals surface area contributed by atoms with E-state index in [1.807, 2.05) is 18.2 Å². The van der Waals surface area contributed by atoms with E-state index in [-0.39, 0.29) is 5.60 Å². The number of aliphatic hydroxyl groups excluding tert-OH is 1. The lowest BCUT2D eigenvalue weighted by Crippen LogP contribution is -2.32. The van der Waals surface area contributed by atoms with Gasteiger partial charge in [0.25, 0.3) is 0 Å². The molecular formula is C13H20O2. The van der Waals surface area contributed by atoms with Gasteiger partial charge in [0, 0.05) is 0 Å². The van der Waals surface area contributed by atoms with E-state index >= 15 is 0 Å². The Morgan fingerprint density at radius 2 is 1.73 bits per heavy atom. The van der Waals surface area contributed by atoms with Gasteiger partial charge in [-0.1, -0.05) is 44.2 Å². The molecule has 0 aliphatic carbocycles. The summed E-state index contributed by atoms with van der Waals surface area (Å²) in [5.41, 5.74) is 0.783. The van der Waals surface area contributed by atoms with E-state index in [1.165, 1.54) is 0 Å². The Labute approximate surface area is 91.9 Å². The molecule has 2 heteroatoms. The van der Waals surface area contributed by atoms with E-state index in [0.29, 0.717) is 0 Å². The molecule has 84 valence electrons. The van der Waals surface area contributed by atoms with Gasteiger partial charge in [0.15, 0.2) is 6.29 Å². The molecule has 1 atom stereocenters. The Bertz CT molecular complexity index is 276. The summed E-state index contributed by atoms with van der Waals surface area (Å²) in [5.74, 6) is 0. The quantitative estimate of drug-likeness (QED) is 0.754. The molecule has 0 spiro atoms. The van der Waals surface area contributed by atoms with Crippen LogP contribution in [-0.2, 0) is 10.3 Å². The minimum absolute atomic E-state index is 0.352. The normalized spacial score (nSPS) is 13.9. The highest BCUT2D eigenvalue weighted by molar-refractivity contribution is 5.22. The van der Waals surface area contributed by atoms with Crippen LogP contribution >= 0.6 is 0 Å². The topological polar surface area (TPSA) is 29.5 Å². The lowest BCUT2D eigenvalue weighted by atomic mass is 9.88. The van der Waals surface area contributed by atoms with Crippen LogP contribution in [0.3, 0.4) is 0 Å². The minimum atomic E-state index is -0.731. The molecule has 1 aromatic rings. The van der Waals surface area contributed by atoms with E-state index in [4.69, 9.17) is 4.74 Å². The van der Waals surface area contributed by atoms with Crippen LogP contribution in [-0.4, -0.2) is 11.4 Å². The van der Waals surface area contributed by atoms with Crippen molar-refractivity contribution in [2.24, 2.45) is 0 Å². The molecule has 0 saturated heterocycles. The second-order valence-corrected chi connectivity index (χ2v) is 3.78. The van der Waals surface area contributed by atoms with Gasteiger partial charge in [-0.3, -0.25) is 0 Å². The average molecular weight is 208 g/mol. The Hall–Kier alpha value is -0.860. The number of hydrogen-bond donors (Lipinski definition) is 1. The summed E-state index contributed by atoms with van der Waals surface area (Å²) in [6.07, 6.45) is 0.988. The predicted octanol–water partition coefficient (Wildman–Crippen LogP) is 3.06. The number of benzene rings is 1. The molecule has 1 unspecified atom stereocenters. The summed E-state index contributed by atoms with van der Waals surface area (Å²) < 4.78 is 5.68. The molecule has 0 aliphatic rings. The van der Waals surface area contributed by atoms with E-state index in [1.54, 1.807) is 6.92 Å². The van der Waals surface area contributed by atoms with Gasteiger partial charge in [0.05, 0.1) is 5.60 Å². The molecule has 1 N–H and O–H groups in total. The fourth-order valence-corrected chi connectivity index (χ4v) is 1.96. The molecule has 0 aromatic heterocycles. The fourth-order valence-electron chi connectivity index (χ4n) is 1.96. The predicted molar refractivity (Wildman–Crippen MR) is 61.5 cm³/mol. The summed E-state index contributed by atoms with van der Waals surface area (Å²) in [4.78, 5) is 0. The van der Waals surface area contributed by atoms with Gasteiger partial charge in [-0.05, 0) is 25.3 Å². The van der Waals surface area contributed by atoms with Gasteiger partial charge in [0.2, 0.25) is 0 Å². The summed E-state index contributed by atoms with van der Waals surface area (Å²) in [7, 11) is 0. The summed E-state index contributed by atoms with van der Waals surface area (Å²) in [6, 6.07) is 10.1. The summed E-state index contributed by atoms with van der Waals surface area (Å²) in [6.45, 7) is 5.82. The van der Waals surface area contributed by atoms with Gasteiger partial charge in [0.1, 0.15) is 0 Å². The van der Waals surface area contributed by atoms with Gasteiger partial charge >= 0.3 is 0 Å². The SMILES string of the molecule is CCC(CC)(OC(C)O)c1ccccc1. The molecule has 0 amide bonds. The maximum Gasteiger partial charge on any atom is 0.152 e. The fraction of sp³-hybridized carbons (Fsp3) is 0.538. The minimum Gasteiger partial charge on any atom is -0.368 e. The summed E-state index contributed by atoms with van der Waals surface area (Å²) in [5, 5.41) is 9.39. The molecule has 1 rings (SSSR count). The maximum absolute atomic E-state index is 9.39. The van der Waals surface area contributed by atoms with Crippen LogP contribution in [0, 0.1) is 0 Å². The number of hydrogen-bond acceptors (Lipinski definition) is 2. The smallest absolute Gasteiger partial charge is 0.152 e. The summed E-state index contributed by atoms with van der Waals surface area (Å²) >= 11 is 0. The zero-order chi connectivity index (χ0) is 11.3. The van der Waals surface area contributed by atoms with Crippen LogP contribution in [0.2, 0.25) is 0 Å². The van der Waals surface area contributed by atoms with Crippen molar-refractivity contribution in [3.63, 3.8) is 0 Å². The van der Waals surface area contributed by atoms with Crippen LogP contribution in [0.15, 0.2) is 30.3 Å². The first-order valence-electron chi connectivity index (χ1n) is 5.56. The number of aliphatic hydroxyl groups is 1. The van der Waals surface area contributed by atoms with E-state index < -0.39 is 6.29 Å². The van der Waals surface area contributed by atoms with Crippen molar-refractivity contribution in [1.82, 2.24) is 0 Å². The van der Waals surface area contributed by atoms with Crippen LogP contribution in [0.25, 0.3) is 0 Å². The Kier molecular flexibility index (Phi) is 4.30. The lowest BCUT2D eigenvalue weighted by Gasteiger charge is -2.33. The lowest BCUT2D eigenvalue weighted by molar-refractivity contribution is -0.184. The van der Waals surface area contributed by atoms with Gasteiger partial charge < -0.3 is 9.84 Å². The third-order valence-corrected chi connectivity index (χ3v) is 2.84. The number of ether oxygens (including phenoxy) is 1. The zero-order valence-electron chi connectivity index (χ0n) is 9.73. The van der Waals surface area contributed by atoms with Crippen molar-refractivity contribution < 1.29 is 9.84 Å². The van der Waals surface area contributed by atoms with Gasteiger partial charge in [-0.15, -0.1) is 0 Å². The van der Waals surface area contributed by atoms with Crippen molar-refractivity contribution in [3.05, 3.63) is 35.9 Å². The monoisotopic (exact) mass is 208 g/mol. The largest absolute Gasteiger partial charge is 0.368 e. The third-order valence-electron chi connectivity index (χ3n) is 2.84. The highest BCUT2D eigenvalue weighted by Crippen LogP contribution is 2.33. The third kappa shape index (κ3) is 2.80. The highest BCUT2D eigenvalue weighted by Gasteiger charge is 2.30. The molecule has 0 aliphatic heterocycles. The maximum atomic E-state index is 9.39. The molecule has 0 bridgehead atoms. The number of rotatable bonds is 5. The first-order chi connectivity index (χ1) is 7.14. The van der Waals surface area contributed by atoms with Crippen molar-refractivity contribution in [2.45, 2.75) is 45.5 Å². The molecule has 0 radical (unpaired) electrons. The Morgan fingerprint density at radius 1 is 1.20 bits per heavy atom. The molecule has 0 fully saturated rings. The molecule has 0 saturated carbocycles. The average Bonchev–Trinajstić information content (AvgIpc) is 2.27. The molecule has 0 heterocycles. The molecular weight excluding hydrogens is 188 g/mol. The standard InChI is InChI=1S/C13H20O2/c1-4-13(5-2,15-11(3)14)12-9-7-6-8-10-12/h6-11,14H,4-5H2,1-3H3. The van der Waals surface area contributed by atoms with Crippen molar-refractivity contribution in [1.29, 1.82) is 0 Å². The first kappa shape index (κ1) is 12.2. The second-order valence-electron chi connectivity index (χ2n) is 3.78. The molecule has 1 aromatic carbocycles. The van der Waals surface area contributed by atoms with E-state index in [2.05, 4.69) is 26.0 Å².